The highest BCUT2D eigenvalue weighted by molar-refractivity contribution is 7.92. The summed E-state index contributed by atoms with van der Waals surface area (Å²) in [7, 11) is -2.72. The van der Waals surface area contributed by atoms with Crippen LogP contribution in [0.4, 0.5) is 8.78 Å². The summed E-state index contributed by atoms with van der Waals surface area (Å²) in [6, 6.07) is 3.68. The third-order valence-corrected chi connectivity index (χ3v) is 7.03. The lowest BCUT2D eigenvalue weighted by Gasteiger charge is -2.25. The number of halogens is 2. The number of hydrogen-bond acceptors (Lipinski definition) is 6. The fraction of sp³-hybridized carbons (Fsp3) is 0.368. The smallest absolute Gasteiger partial charge is 0.264 e. The van der Waals surface area contributed by atoms with E-state index in [0.717, 1.165) is 30.0 Å². The Labute approximate surface area is 172 Å². The summed E-state index contributed by atoms with van der Waals surface area (Å²) in [5.74, 6) is -3.03. The van der Waals surface area contributed by atoms with Gasteiger partial charge in [-0.25, -0.2) is 22.7 Å². The van der Waals surface area contributed by atoms with Gasteiger partial charge in [-0.05, 0) is 38.0 Å². The van der Waals surface area contributed by atoms with Crippen LogP contribution in [-0.2, 0) is 21.2 Å². The third kappa shape index (κ3) is 4.36. The molecule has 0 saturated carbocycles. The lowest BCUT2D eigenvalue weighted by molar-refractivity contribution is -0.131. The van der Waals surface area contributed by atoms with E-state index in [9.17, 15) is 26.8 Å². The first-order valence-corrected chi connectivity index (χ1v) is 10.6. The Bertz CT molecular complexity index is 1150. The number of hydroxylamine groups is 1. The zero-order chi connectivity index (χ0) is 22.9. The topological polar surface area (TPSA) is 115 Å². The summed E-state index contributed by atoms with van der Waals surface area (Å²) in [5, 5.41) is 8.84. The second kappa shape index (κ2) is 8.52. The summed E-state index contributed by atoms with van der Waals surface area (Å²) in [6.07, 6.45) is 1.21. The average Bonchev–Trinajstić information content (AvgIpc) is 2.67. The van der Waals surface area contributed by atoms with Crippen molar-refractivity contribution in [1.29, 1.82) is 0 Å². The molecule has 2 N–H and O–H groups in total. The number of hydrogen-bond donors (Lipinski definition) is 2. The molecule has 0 radical (unpaired) electrons. The van der Waals surface area contributed by atoms with E-state index in [2.05, 4.69) is 0 Å². The van der Waals surface area contributed by atoms with Gasteiger partial charge in [0, 0.05) is 36.2 Å². The van der Waals surface area contributed by atoms with E-state index in [1.54, 1.807) is 6.92 Å². The number of aryl methyl sites for hydroxylation is 2. The van der Waals surface area contributed by atoms with Crippen molar-refractivity contribution in [1.82, 2.24) is 10.0 Å². The summed E-state index contributed by atoms with van der Waals surface area (Å²) in [4.78, 5) is 24.3. The van der Waals surface area contributed by atoms with Gasteiger partial charge in [-0.2, -0.15) is 0 Å². The molecule has 0 fully saturated rings. The minimum Gasteiger partial charge on any atom is -0.494 e. The molecule has 1 atom stereocenters. The Balaban J connectivity index is 2.47. The van der Waals surface area contributed by atoms with Gasteiger partial charge in [0.2, 0.25) is 0 Å². The second-order valence-corrected chi connectivity index (χ2v) is 9.53. The number of rotatable bonds is 7. The highest BCUT2D eigenvalue weighted by Crippen LogP contribution is 2.31. The number of amides is 1. The molecule has 1 heterocycles. The molecule has 0 saturated heterocycles. The van der Waals surface area contributed by atoms with Crippen molar-refractivity contribution < 1.29 is 31.9 Å². The average molecular weight is 444 g/mol. The highest BCUT2D eigenvalue weighted by Gasteiger charge is 2.43. The van der Waals surface area contributed by atoms with E-state index >= 15 is 0 Å². The van der Waals surface area contributed by atoms with Gasteiger partial charge in [-0.15, -0.1) is 0 Å². The number of carbonyl (C=O) groups is 1. The van der Waals surface area contributed by atoms with Gasteiger partial charge >= 0.3 is 0 Å². The number of nitrogens with one attached hydrogen (secondary N) is 1. The summed E-state index contributed by atoms with van der Waals surface area (Å²) < 4.78 is 57.1. The summed E-state index contributed by atoms with van der Waals surface area (Å²) in [6.45, 7) is 2.40. The quantitative estimate of drug-likeness (QED) is 0.497. The molecule has 164 valence electrons. The minimum absolute atomic E-state index is 0.104. The Morgan fingerprint density at radius 2 is 1.90 bits per heavy atom. The van der Waals surface area contributed by atoms with Crippen LogP contribution in [0.25, 0.3) is 11.1 Å². The first-order valence-electron chi connectivity index (χ1n) is 8.74. The largest absolute Gasteiger partial charge is 0.494 e. The van der Waals surface area contributed by atoms with Gasteiger partial charge < -0.3 is 9.30 Å². The fourth-order valence-electron chi connectivity index (χ4n) is 2.93. The molecule has 1 amide bonds. The summed E-state index contributed by atoms with van der Waals surface area (Å²) in [5.41, 5.74) is 0.712. The van der Waals surface area contributed by atoms with Crippen molar-refractivity contribution in [2.45, 2.75) is 31.6 Å². The van der Waals surface area contributed by atoms with Gasteiger partial charge in [0.1, 0.15) is 5.82 Å². The molecule has 1 aromatic heterocycles. The van der Waals surface area contributed by atoms with Crippen LogP contribution >= 0.6 is 0 Å². The number of carbonyl (C=O) groups excluding carboxylic acids is 1. The van der Waals surface area contributed by atoms with Crippen molar-refractivity contribution in [2.75, 3.05) is 13.4 Å². The number of pyridine rings is 1. The first kappa shape index (κ1) is 23.5. The van der Waals surface area contributed by atoms with E-state index in [4.69, 9.17) is 9.94 Å². The molecule has 0 bridgehead atoms. The van der Waals surface area contributed by atoms with Crippen LogP contribution in [0.15, 0.2) is 29.2 Å². The van der Waals surface area contributed by atoms with Crippen LogP contribution in [0.1, 0.15) is 18.9 Å². The monoisotopic (exact) mass is 444 g/mol. The number of sulfone groups is 1. The standard InChI is InChI=1S/C19H22F2N2O6S/c1-11-7-13(17(21)15(8-11)29-3)12-9-16(24)23(10-14(12)20)6-5-19(2,18(25)22-26)30(4,27)28/h7-10,26H,5-6H2,1-4H3,(H,22,25). The Morgan fingerprint density at radius 3 is 2.43 bits per heavy atom. The maximum absolute atomic E-state index is 14.7. The molecule has 1 aromatic carbocycles. The fourth-order valence-corrected chi connectivity index (χ4v) is 3.77. The molecule has 2 aromatic rings. The van der Waals surface area contributed by atoms with Gasteiger partial charge in [0.05, 0.1) is 7.11 Å². The van der Waals surface area contributed by atoms with Crippen molar-refractivity contribution >= 4 is 15.7 Å². The van der Waals surface area contributed by atoms with Gasteiger partial charge in [0.25, 0.3) is 11.5 Å². The predicted octanol–water partition coefficient (Wildman–Crippen LogP) is 1.81. The van der Waals surface area contributed by atoms with Crippen LogP contribution in [-0.4, -0.2) is 42.2 Å². The zero-order valence-corrected chi connectivity index (χ0v) is 17.6. The van der Waals surface area contributed by atoms with E-state index < -0.39 is 44.1 Å². The molecular formula is C19H22F2N2O6S. The van der Waals surface area contributed by atoms with E-state index in [0.29, 0.717) is 5.56 Å². The zero-order valence-electron chi connectivity index (χ0n) is 16.8. The molecule has 0 spiro atoms. The molecule has 0 aliphatic rings. The normalized spacial score (nSPS) is 13.6. The molecule has 8 nitrogen and oxygen atoms in total. The molecule has 0 aliphatic heterocycles. The summed E-state index contributed by atoms with van der Waals surface area (Å²) >= 11 is 0. The van der Waals surface area contributed by atoms with E-state index in [1.807, 2.05) is 0 Å². The number of ether oxygens (including phenoxy) is 1. The van der Waals surface area contributed by atoms with Crippen LogP contribution in [0.5, 0.6) is 5.75 Å². The molecule has 1 unspecified atom stereocenters. The Morgan fingerprint density at radius 1 is 1.27 bits per heavy atom. The van der Waals surface area contributed by atoms with Crippen LogP contribution in [0, 0.1) is 18.6 Å². The van der Waals surface area contributed by atoms with Crippen molar-refractivity contribution in [3.05, 3.63) is 51.9 Å². The number of nitrogens with zero attached hydrogens (tertiary/aromatic N) is 1. The van der Waals surface area contributed by atoms with E-state index in [-0.39, 0.29) is 23.4 Å². The van der Waals surface area contributed by atoms with Gasteiger partial charge in [-0.1, -0.05) is 0 Å². The molecule has 0 aliphatic carbocycles. The number of benzene rings is 1. The van der Waals surface area contributed by atoms with E-state index in [1.165, 1.54) is 24.7 Å². The first-order chi connectivity index (χ1) is 13.9. The lowest BCUT2D eigenvalue weighted by Crippen LogP contribution is -2.50. The SMILES string of the molecule is COc1cc(C)cc(-c2cc(=O)n(CCC(C)(C(=O)NO)S(C)(=O)=O)cc2F)c1F. The van der Waals surface area contributed by atoms with Crippen molar-refractivity contribution in [2.24, 2.45) is 0 Å². The molecule has 30 heavy (non-hydrogen) atoms. The number of methoxy groups -OCH3 is 1. The van der Waals surface area contributed by atoms with Crippen LogP contribution in [0.3, 0.4) is 0 Å². The maximum atomic E-state index is 14.7. The third-order valence-electron chi connectivity index (χ3n) is 5.00. The second-order valence-electron chi connectivity index (χ2n) is 7.09. The lowest BCUT2D eigenvalue weighted by atomic mass is 10.0. The van der Waals surface area contributed by atoms with Crippen molar-refractivity contribution in [3.63, 3.8) is 0 Å². The molecule has 2 rings (SSSR count). The minimum atomic E-state index is -3.98. The predicted molar refractivity (Wildman–Crippen MR) is 105 cm³/mol. The van der Waals surface area contributed by atoms with Crippen LogP contribution < -0.4 is 15.8 Å². The Kier molecular flexibility index (Phi) is 6.67. The van der Waals surface area contributed by atoms with Gasteiger partial charge in [-0.3, -0.25) is 14.8 Å². The Hall–Kier alpha value is -2.79. The van der Waals surface area contributed by atoms with Crippen LogP contribution in [0.2, 0.25) is 0 Å². The molecule has 11 heteroatoms. The van der Waals surface area contributed by atoms with Gasteiger partial charge in [0.15, 0.2) is 26.2 Å². The molecular weight excluding hydrogens is 422 g/mol. The van der Waals surface area contributed by atoms with Crippen molar-refractivity contribution in [3.8, 4) is 16.9 Å². The maximum Gasteiger partial charge on any atom is 0.264 e. The highest BCUT2D eigenvalue weighted by atomic mass is 32.2. The number of aromatic nitrogens is 1.